The third-order valence-electron chi connectivity index (χ3n) is 4.25. The third kappa shape index (κ3) is 5.19. The Morgan fingerprint density at radius 1 is 1.42 bits per heavy atom. The van der Waals surface area contributed by atoms with Crippen molar-refractivity contribution in [3.63, 3.8) is 0 Å². The molecule has 0 spiro atoms. The topological polar surface area (TPSA) is 63.4 Å². The third-order valence-corrected chi connectivity index (χ3v) is 5.23. The highest BCUT2D eigenvalue weighted by Gasteiger charge is 2.28. The molecule has 7 heteroatoms. The second-order valence-electron chi connectivity index (χ2n) is 6.09. The van der Waals surface area contributed by atoms with Crippen LogP contribution < -0.4 is 5.73 Å². The molecule has 1 saturated heterocycles. The van der Waals surface area contributed by atoms with Crippen molar-refractivity contribution < 1.29 is 14.0 Å². The summed E-state index contributed by atoms with van der Waals surface area (Å²) in [5.74, 6) is 0.0378. The molecule has 0 radical (unpaired) electrons. The van der Waals surface area contributed by atoms with Gasteiger partial charge in [-0.1, -0.05) is 6.92 Å². The van der Waals surface area contributed by atoms with Gasteiger partial charge in [-0.25, -0.2) is 4.39 Å². The van der Waals surface area contributed by atoms with E-state index in [4.69, 9.17) is 5.73 Å². The zero-order valence-electron chi connectivity index (χ0n) is 14.0. The number of hydrogen-bond acceptors (Lipinski definition) is 4. The van der Waals surface area contributed by atoms with Crippen LogP contribution in [0.5, 0.6) is 0 Å². The zero-order valence-corrected chi connectivity index (χ0v) is 15.6. The van der Waals surface area contributed by atoms with Gasteiger partial charge in [-0.3, -0.25) is 9.59 Å². The number of amides is 1. The lowest BCUT2D eigenvalue weighted by atomic mass is 9.92. The van der Waals surface area contributed by atoms with Crippen molar-refractivity contribution in [3.8, 4) is 0 Å². The number of ketones is 1. The first-order chi connectivity index (χ1) is 10.9. The molecule has 2 rings (SSSR count). The highest BCUT2D eigenvalue weighted by Crippen LogP contribution is 2.25. The molecule has 2 N–H and O–H groups in total. The normalized spacial score (nSPS) is 20.4. The molecule has 0 saturated carbocycles. The molecule has 1 amide bonds. The summed E-state index contributed by atoms with van der Waals surface area (Å²) < 4.78 is 13.8. The van der Waals surface area contributed by atoms with E-state index in [1.54, 1.807) is 6.07 Å². The molecule has 134 valence electrons. The summed E-state index contributed by atoms with van der Waals surface area (Å²) in [5, 5.41) is 0. The van der Waals surface area contributed by atoms with Crippen molar-refractivity contribution in [3.05, 3.63) is 29.6 Å². The van der Waals surface area contributed by atoms with Gasteiger partial charge in [0.2, 0.25) is 5.91 Å². The van der Waals surface area contributed by atoms with Gasteiger partial charge in [0, 0.05) is 24.0 Å². The summed E-state index contributed by atoms with van der Waals surface area (Å²) in [5.41, 5.74) is 5.86. The van der Waals surface area contributed by atoms with Crippen molar-refractivity contribution in [2.45, 2.75) is 37.6 Å². The number of hydrogen-bond donors (Lipinski definition) is 1. The number of Topliss-reactive ketones (excluding diaryl/α,β-unsaturated/α-hetero) is 1. The van der Waals surface area contributed by atoms with E-state index in [0.717, 1.165) is 19.4 Å². The zero-order chi connectivity index (χ0) is 17.0. The van der Waals surface area contributed by atoms with Crippen molar-refractivity contribution in [2.75, 3.05) is 18.8 Å². The summed E-state index contributed by atoms with van der Waals surface area (Å²) in [7, 11) is 0. The van der Waals surface area contributed by atoms with Crippen LogP contribution in [-0.4, -0.2) is 41.5 Å². The number of carbonyl (C=O) groups excluding carboxylic acids is 2. The van der Waals surface area contributed by atoms with Crippen LogP contribution in [0.4, 0.5) is 4.39 Å². The first kappa shape index (κ1) is 20.9. The fourth-order valence-corrected chi connectivity index (χ4v) is 3.71. The number of piperidine rings is 1. The number of thioether (sulfide) groups is 1. The second-order valence-corrected chi connectivity index (χ2v) is 7.14. The van der Waals surface area contributed by atoms with Crippen molar-refractivity contribution >= 4 is 35.9 Å². The largest absolute Gasteiger partial charge is 0.338 e. The smallest absolute Gasteiger partial charge is 0.233 e. The highest BCUT2D eigenvalue weighted by molar-refractivity contribution is 8.00. The predicted octanol–water partition coefficient (Wildman–Crippen LogP) is 3.13. The molecule has 4 nitrogen and oxygen atoms in total. The Bertz CT molecular complexity index is 600. The van der Waals surface area contributed by atoms with Gasteiger partial charge >= 0.3 is 0 Å². The maximum atomic E-state index is 13.8. The number of benzene rings is 1. The Kier molecular flexibility index (Phi) is 8.19. The molecule has 1 fully saturated rings. The minimum atomic E-state index is -0.540. The summed E-state index contributed by atoms with van der Waals surface area (Å²) in [6, 6.07) is 4.56. The van der Waals surface area contributed by atoms with Crippen molar-refractivity contribution in [1.29, 1.82) is 0 Å². The minimum absolute atomic E-state index is 0. The number of carbonyl (C=O) groups is 2. The number of rotatable bonds is 5. The molecule has 1 heterocycles. The van der Waals surface area contributed by atoms with Gasteiger partial charge in [-0.15, -0.1) is 24.2 Å². The van der Waals surface area contributed by atoms with Gasteiger partial charge in [0.1, 0.15) is 5.82 Å². The average Bonchev–Trinajstić information content (AvgIpc) is 2.52. The Morgan fingerprint density at radius 3 is 2.71 bits per heavy atom. The van der Waals surface area contributed by atoms with E-state index in [-0.39, 0.29) is 41.5 Å². The Morgan fingerprint density at radius 2 is 2.12 bits per heavy atom. The molecule has 1 aromatic carbocycles. The molecule has 0 aromatic heterocycles. The lowest BCUT2D eigenvalue weighted by Crippen LogP contribution is -2.49. The molecular formula is C17H24ClFN2O2S. The molecule has 2 unspecified atom stereocenters. The van der Waals surface area contributed by atoms with Crippen LogP contribution in [-0.2, 0) is 4.79 Å². The maximum absolute atomic E-state index is 13.8. The van der Waals surface area contributed by atoms with Crippen LogP contribution in [0.25, 0.3) is 0 Å². The minimum Gasteiger partial charge on any atom is -0.338 e. The van der Waals surface area contributed by atoms with E-state index >= 15 is 0 Å². The van der Waals surface area contributed by atoms with E-state index in [2.05, 4.69) is 6.92 Å². The van der Waals surface area contributed by atoms with Gasteiger partial charge in [0.15, 0.2) is 5.78 Å². The fraction of sp³-hybridized carbons (Fsp3) is 0.529. The first-order valence-corrected chi connectivity index (χ1v) is 8.83. The van der Waals surface area contributed by atoms with E-state index in [9.17, 15) is 14.0 Å². The van der Waals surface area contributed by atoms with Gasteiger partial charge < -0.3 is 10.6 Å². The van der Waals surface area contributed by atoms with Gasteiger partial charge in [-0.2, -0.15) is 0 Å². The molecule has 1 aromatic rings. The molecule has 24 heavy (non-hydrogen) atoms. The monoisotopic (exact) mass is 374 g/mol. The molecular weight excluding hydrogens is 351 g/mol. The number of nitrogens with two attached hydrogens (primary N) is 1. The van der Waals surface area contributed by atoms with Gasteiger partial charge in [0.25, 0.3) is 0 Å². The molecule has 1 aliphatic heterocycles. The van der Waals surface area contributed by atoms with E-state index in [1.807, 2.05) is 4.90 Å². The van der Waals surface area contributed by atoms with Gasteiger partial charge in [-0.05, 0) is 43.9 Å². The standard InChI is InChI=1S/C17H23FN2O2S.ClH/c1-11-5-6-20(13(7-11)9-19)17(22)10-23-14-3-4-15(12(2)21)16(18)8-14;/h3-4,8,11,13H,5-7,9-10,19H2,1-2H3;1H. The fourth-order valence-electron chi connectivity index (χ4n) is 2.90. The van der Waals surface area contributed by atoms with Gasteiger partial charge in [0.05, 0.1) is 11.3 Å². The quantitative estimate of drug-likeness (QED) is 0.635. The van der Waals surface area contributed by atoms with Crippen LogP contribution in [0.1, 0.15) is 37.0 Å². The molecule has 1 aliphatic rings. The first-order valence-electron chi connectivity index (χ1n) is 7.85. The van der Waals surface area contributed by atoms with Crippen LogP contribution >= 0.6 is 24.2 Å². The SMILES string of the molecule is CC(=O)c1ccc(SCC(=O)N2CCC(C)CC2CN)cc1F.Cl. The summed E-state index contributed by atoms with van der Waals surface area (Å²) in [6.45, 7) is 4.72. The number of halogens is 2. The number of likely N-dealkylation sites (tertiary alicyclic amines) is 1. The average molecular weight is 375 g/mol. The lowest BCUT2D eigenvalue weighted by Gasteiger charge is -2.38. The van der Waals surface area contributed by atoms with Crippen LogP contribution in [0, 0.1) is 11.7 Å². The van der Waals surface area contributed by atoms with E-state index in [0.29, 0.717) is 17.4 Å². The van der Waals surface area contributed by atoms with Crippen LogP contribution in [0.3, 0.4) is 0 Å². The Hall–Kier alpha value is -1.11. The van der Waals surface area contributed by atoms with E-state index in [1.165, 1.54) is 30.8 Å². The second kappa shape index (κ2) is 9.39. The van der Waals surface area contributed by atoms with Crippen molar-refractivity contribution in [2.24, 2.45) is 11.7 Å². The van der Waals surface area contributed by atoms with Crippen molar-refractivity contribution in [1.82, 2.24) is 4.90 Å². The predicted molar refractivity (Wildman–Crippen MR) is 97.3 cm³/mol. The highest BCUT2D eigenvalue weighted by atomic mass is 35.5. The Balaban J connectivity index is 0.00000288. The molecule has 2 atom stereocenters. The van der Waals surface area contributed by atoms with Crippen LogP contribution in [0.2, 0.25) is 0 Å². The van der Waals surface area contributed by atoms with E-state index < -0.39 is 5.82 Å². The summed E-state index contributed by atoms with van der Waals surface area (Å²) in [4.78, 5) is 26.1. The molecule has 0 aliphatic carbocycles. The maximum Gasteiger partial charge on any atom is 0.233 e. The van der Waals surface area contributed by atoms with Crippen LogP contribution in [0.15, 0.2) is 23.1 Å². The number of nitrogens with zero attached hydrogens (tertiary/aromatic N) is 1. The summed E-state index contributed by atoms with van der Waals surface area (Å²) >= 11 is 1.29. The Labute approximate surface area is 152 Å². The molecule has 0 bridgehead atoms. The summed E-state index contributed by atoms with van der Waals surface area (Å²) in [6.07, 6.45) is 1.93. The lowest BCUT2D eigenvalue weighted by molar-refractivity contribution is -0.132.